The Labute approximate surface area is 113 Å². The number of hydrogen-bond donors (Lipinski definition) is 1. The molecule has 2 unspecified atom stereocenters. The molecule has 0 aromatic heterocycles. The minimum Gasteiger partial charge on any atom is -0.465 e. The third-order valence-electron chi connectivity index (χ3n) is 2.91. The van der Waals surface area contributed by atoms with Crippen LogP contribution in [0.25, 0.3) is 0 Å². The van der Waals surface area contributed by atoms with Crippen LogP contribution < -0.4 is 4.90 Å². The average Bonchev–Trinajstić information content (AvgIpc) is 2.46. The van der Waals surface area contributed by atoms with Gasteiger partial charge in [0.05, 0.1) is 25.8 Å². The third-order valence-corrected chi connectivity index (χ3v) is 3.65. The maximum absolute atomic E-state index is 11.3. The number of esters is 1. The number of carbonyl (C=O) groups is 1. The van der Waals surface area contributed by atoms with E-state index >= 15 is 0 Å². The second-order valence-corrected chi connectivity index (χ2v) is 5.14. The van der Waals surface area contributed by atoms with Gasteiger partial charge in [0.25, 0.3) is 0 Å². The normalized spacial score (nSPS) is 20.9. The summed E-state index contributed by atoms with van der Waals surface area (Å²) in [5.41, 5.74) is 0.655. The van der Waals surface area contributed by atoms with Crippen molar-refractivity contribution in [1.82, 2.24) is 0 Å². The van der Waals surface area contributed by atoms with E-state index in [0.717, 1.165) is 5.69 Å². The van der Waals surface area contributed by atoms with E-state index in [4.69, 9.17) is 9.29 Å². The van der Waals surface area contributed by atoms with Gasteiger partial charge in [-0.2, -0.15) is 0 Å². The van der Waals surface area contributed by atoms with E-state index < -0.39 is 16.5 Å². The van der Waals surface area contributed by atoms with Crippen molar-refractivity contribution >= 4 is 22.7 Å². The summed E-state index contributed by atoms with van der Waals surface area (Å²) in [5, 5.41) is 0. The molecule has 0 saturated carbocycles. The van der Waals surface area contributed by atoms with Crippen molar-refractivity contribution in [2.75, 3.05) is 31.7 Å². The molecule has 2 atom stereocenters. The maximum Gasteiger partial charge on any atom is 0.337 e. The topological polar surface area (TPSA) is 76.1 Å². The third kappa shape index (κ3) is 3.31. The van der Waals surface area contributed by atoms with Gasteiger partial charge in [0.1, 0.15) is 0 Å². The number of benzene rings is 1. The first-order valence-electron chi connectivity index (χ1n) is 5.76. The standard InChI is InChI=1S/C12H15NO5S/c1-17-12(14)9-2-4-10(5-3-9)13-6-7-18-11(8-13)19(15)16/h2-5,11H,6-8H2,1H3,(H,15,16). The van der Waals surface area contributed by atoms with Crippen LogP contribution in [0.3, 0.4) is 0 Å². The van der Waals surface area contributed by atoms with Gasteiger partial charge in [0.2, 0.25) is 0 Å². The quantitative estimate of drug-likeness (QED) is 0.655. The van der Waals surface area contributed by atoms with Crippen LogP contribution in [-0.4, -0.2) is 47.0 Å². The molecule has 1 aromatic carbocycles. The van der Waals surface area contributed by atoms with E-state index in [0.29, 0.717) is 25.3 Å². The van der Waals surface area contributed by atoms with Crippen molar-refractivity contribution in [3.63, 3.8) is 0 Å². The highest BCUT2D eigenvalue weighted by molar-refractivity contribution is 7.79. The summed E-state index contributed by atoms with van der Waals surface area (Å²) in [7, 11) is 1.33. The van der Waals surface area contributed by atoms with Crippen LogP contribution in [-0.2, 0) is 20.6 Å². The van der Waals surface area contributed by atoms with Crippen LogP contribution in [0.2, 0.25) is 0 Å². The summed E-state index contributed by atoms with van der Waals surface area (Å²) >= 11 is -2.00. The zero-order valence-corrected chi connectivity index (χ0v) is 11.3. The fourth-order valence-corrected chi connectivity index (χ4v) is 2.42. The molecule has 7 heteroatoms. The van der Waals surface area contributed by atoms with E-state index in [9.17, 15) is 9.00 Å². The fourth-order valence-electron chi connectivity index (χ4n) is 1.90. The van der Waals surface area contributed by atoms with Gasteiger partial charge in [-0.05, 0) is 24.3 Å². The van der Waals surface area contributed by atoms with Gasteiger partial charge in [-0.15, -0.1) is 0 Å². The Bertz CT molecular complexity index is 476. The van der Waals surface area contributed by atoms with Crippen LogP contribution in [0.4, 0.5) is 5.69 Å². The number of methoxy groups -OCH3 is 1. The second kappa shape index (κ2) is 6.14. The summed E-state index contributed by atoms with van der Waals surface area (Å²) in [6, 6.07) is 6.91. The molecule has 1 aromatic rings. The van der Waals surface area contributed by atoms with Crippen LogP contribution in [0, 0.1) is 0 Å². The molecule has 0 aliphatic carbocycles. The number of hydrogen-bond acceptors (Lipinski definition) is 5. The zero-order valence-electron chi connectivity index (χ0n) is 10.4. The molecule has 1 saturated heterocycles. The molecule has 6 nitrogen and oxygen atoms in total. The highest BCUT2D eigenvalue weighted by Gasteiger charge is 2.24. The lowest BCUT2D eigenvalue weighted by Crippen LogP contribution is -2.44. The molecule has 0 radical (unpaired) electrons. The lowest BCUT2D eigenvalue weighted by atomic mass is 10.2. The molecule has 1 heterocycles. The Morgan fingerprint density at radius 2 is 2.16 bits per heavy atom. The van der Waals surface area contributed by atoms with Crippen molar-refractivity contribution in [2.45, 2.75) is 5.44 Å². The number of carbonyl (C=O) groups excluding carboxylic acids is 1. The number of anilines is 1. The van der Waals surface area contributed by atoms with Gasteiger partial charge in [0, 0.05) is 12.2 Å². The predicted octanol–water partition coefficient (Wildman–Crippen LogP) is 0.858. The molecular formula is C12H15NO5S. The molecule has 1 N–H and O–H groups in total. The summed E-state index contributed by atoms with van der Waals surface area (Å²) in [4.78, 5) is 13.3. The lowest BCUT2D eigenvalue weighted by Gasteiger charge is -2.32. The molecule has 2 rings (SSSR count). The van der Waals surface area contributed by atoms with Crippen LogP contribution in [0.15, 0.2) is 24.3 Å². The smallest absolute Gasteiger partial charge is 0.337 e. The SMILES string of the molecule is COC(=O)c1ccc(N2CCOC(S(=O)O)C2)cc1. The van der Waals surface area contributed by atoms with E-state index in [-0.39, 0.29) is 5.97 Å². The summed E-state index contributed by atoms with van der Waals surface area (Å²) < 4.78 is 29.9. The number of rotatable bonds is 3. The Morgan fingerprint density at radius 3 is 2.74 bits per heavy atom. The van der Waals surface area contributed by atoms with Gasteiger partial charge in [-0.3, -0.25) is 0 Å². The van der Waals surface area contributed by atoms with Crippen molar-refractivity contribution in [2.24, 2.45) is 0 Å². The Morgan fingerprint density at radius 1 is 1.47 bits per heavy atom. The van der Waals surface area contributed by atoms with Gasteiger partial charge in [0.15, 0.2) is 16.5 Å². The predicted molar refractivity (Wildman–Crippen MR) is 70.5 cm³/mol. The maximum atomic E-state index is 11.3. The van der Waals surface area contributed by atoms with Gasteiger partial charge < -0.3 is 18.9 Å². The van der Waals surface area contributed by atoms with E-state index in [1.165, 1.54) is 7.11 Å². The van der Waals surface area contributed by atoms with Gasteiger partial charge in [-0.25, -0.2) is 9.00 Å². The molecule has 104 valence electrons. The molecular weight excluding hydrogens is 270 g/mol. The number of ether oxygens (including phenoxy) is 2. The monoisotopic (exact) mass is 285 g/mol. The average molecular weight is 285 g/mol. The van der Waals surface area contributed by atoms with Crippen molar-refractivity contribution in [1.29, 1.82) is 0 Å². The van der Waals surface area contributed by atoms with E-state index in [2.05, 4.69) is 4.74 Å². The fraction of sp³-hybridized carbons (Fsp3) is 0.417. The molecule has 19 heavy (non-hydrogen) atoms. The molecule has 0 bridgehead atoms. The number of nitrogens with zero attached hydrogens (tertiary/aromatic N) is 1. The zero-order chi connectivity index (χ0) is 13.8. The first-order chi connectivity index (χ1) is 9.11. The Hall–Kier alpha value is -1.44. The largest absolute Gasteiger partial charge is 0.465 e. The van der Waals surface area contributed by atoms with Crippen LogP contribution >= 0.6 is 0 Å². The first kappa shape index (κ1) is 14.0. The van der Waals surface area contributed by atoms with Crippen molar-refractivity contribution in [3.05, 3.63) is 29.8 Å². The second-order valence-electron chi connectivity index (χ2n) is 4.06. The first-order valence-corrected chi connectivity index (χ1v) is 6.93. The van der Waals surface area contributed by atoms with Crippen LogP contribution in [0.1, 0.15) is 10.4 Å². The van der Waals surface area contributed by atoms with E-state index in [1.54, 1.807) is 24.3 Å². The summed E-state index contributed by atoms with van der Waals surface area (Å²) in [6.07, 6.45) is 0. The van der Waals surface area contributed by atoms with Crippen molar-refractivity contribution in [3.8, 4) is 0 Å². The lowest BCUT2D eigenvalue weighted by molar-refractivity contribution is 0.0600. The minimum atomic E-state index is -2.00. The number of morpholine rings is 1. The van der Waals surface area contributed by atoms with Crippen LogP contribution in [0.5, 0.6) is 0 Å². The molecule has 1 aliphatic rings. The highest BCUT2D eigenvalue weighted by atomic mass is 32.2. The van der Waals surface area contributed by atoms with Gasteiger partial charge in [-0.1, -0.05) is 0 Å². The molecule has 1 fully saturated rings. The Kier molecular flexibility index (Phi) is 4.52. The van der Waals surface area contributed by atoms with Crippen molar-refractivity contribution < 1.29 is 23.0 Å². The molecule has 0 amide bonds. The van der Waals surface area contributed by atoms with Gasteiger partial charge >= 0.3 is 5.97 Å². The highest BCUT2D eigenvalue weighted by Crippen LogP contribution is 2.19. The Balaban J connectivity index is 2.09. The summed E-state index contributed by atoms with van der Waals surface area (Å²) in [6.45, 7) is 1.39. The molecule has 0 spiro atoms. The minimum absolute atomic E-state index is 0.348. The van der Waals surface area contributed by atoms with E-state index in [1.807, 2.05) is 4.90 Å². The molecule has 1 aliphatic heterocycles. The summed E-state index contributed by atoms with van der Waals surface area (Å²) in [5.74, 6) is -0.386.